The molecule has 4 rings (SSSR count). The first-order valence-electron chi connectivity index (χ1n) is 9.19. The maximum absolute atomic E-state index is 12.5. The first-order valence-corrected chi connectivity index (χ1v) is 9.19. The van der Waals surface area contributed by atoms with E-state index in [1.807, 2.05) is 60.7 Å². The molecule has 0 aromatic heterocycles. The Bertz CT molecular complexity index is 858. The number of amides is 1. The van der Waals surface area contributed by atoms with Crippen LogP contribution in [0.25, 0.3) is 6.08 Å². The van der Waals surface area contributed by atoms with Gasteiger partial charge >= 0.3 is 0 Å². The number of ether oxygens (including phenoxy) is 2. The fourth-order valence-corrected chi connectivity index (χ4v) is 3.87. The number of fused-ring (bicyclic) bond motifs is 1. The van der Waals surface area contributed by atoms with Gasteiger partial charge in [0.15, 0.2) is 11.7 Å². The fraction of sp³-hybridized carbons (Fsp3) is 0.318. The van der Waals surface area contributed by atoms with Crippen LogP contribution in [-0.4, -0.2) is 36.9 Å². The third-order valence-corrected chi connectivity index (χ3v) is 5.25. The van der Waals surface area contributed by atoms with Crippen LogP contribution in [0.1, 0.15) is 29.5 Å². The van der Waals surface area contributed by atoms with Crippen molar-refractivity contribution in [2.75, 3.05) is 19.0 Å². The van der Waals surface area contributed by atoms with Crippen molar-refractivity contribution in [3.63, 3.8) is 0 Å². The highest BCUT2D eigenvalue weighted by Gasteiger charge is 2.49. The van der Waals surface area contributed by atoms with Gasteiger partial charge in [-0.2, -0.15) is 0 Å². The molecule has 2 aromatic rings. The van der Waals surface area contributed by atoms with Crippen molar-refractivity contribution in [1.82, 2.24) is 0 Å². The van der Waals surface area contributed by atoms with E-state index in [0.717, 1.165) is 25.0 Å². The van der Waals surface area contributed by atoms with Gasteiger partial charge in [0.25, 0.3) is 5.91 Å². The van der Waals surface area contributed by atoms with E-state index in [2.05, 4.69) is 5.32 Å². The van der Waals surface area contributed by atoms with E-state index >= 15 is 0 Å². The van der Waals surface area contributed by atoms with Crippen molar-refractivity contribution >= 4 is 17.7 Å². The summed E-state index contributed by atoms with van der Waals surface area (Å²) in [5, 5.41) is 14.5. The van der Waals surface area contributed by atoms with Crippen LogP contribution in [0, 0.1) is 0 Å². The molecule has 5 heteroatoms. The highest BCUT2D eigenvalue weighted by molar-refractivity contribution is 5.99. The Morgan fingerprint density at radius 1 is 1.26 bits per heavy atom. The van der Waals surface area contributed by atoms with Crippen LogP contribution in [-0.2, 0) is 19.9 Å². The van der Waals surface area contributed by atoms with Crippen molar-refractivity contribution < 1.29 is 19.4 Å². The molecule has 3 unspecified atom stereocenters. The number of benzene rings is 2. The Balaban J connectivity index is 1.79. The molecule has 2 heterocycles. The number of nitrogens with one attached hydrogen (secondary N) is 1. The van der Waals surface area contributed by atoms with Gasteiger partial charge in [0.05, 0.1) is 6.10 Å². The molecule has 5 nitrogen and oxygen atoms in total. The average Bonchev–Trinajstić information content (AvgIpc) is 3.21. The molecule has 0 bridgehead atoms. The van der Waals surface area contributed by atoms with Gasteiger partial charge in [-0.15, -0.1) is 0 Å². The van der Waals surface area contributed by atoms with Crippen molar-refractivity contribution in [3.05, 3.63) is 71.3 Å². The van der Waals surface area contributed by atoms with Crippen LogP contribution in [0.3, 0.4) is 0 Å². The maximum Gasteiger partial charge on any atom is 0.257 e. The Hall–Kier alpha value is -2.47. The number of methoxy groups -OCH3 is 1. The Morgan fingerprint density at radius 2 is 2.07 bits per heavy atom. The lowest BCUT2D eigenvalue weighted by Crippen LogP contribution is -2.52. The summed E-state index contributed by atoms with van der Waals surface area (Å²) in [6, 6.07) is 14.8. The van der Waals surface area contributed by atoms with E-state index < -0.39 is 11.7 Å². The summed E-state index contributed by atoms with van der Waals surface area (Å²) in [7, 11) is 1.43. The van der Waals surface area contributed by atoms with Crippen molar-refractivity contribution in [3.8, 4) is 0 Å². The second kappa shape index (κ2) is 7.27. The van der Waals surface area contributed by atoms with E-state index in [0.29, 0.717) is 16.8 Å². The summed E-state index contributed by atoms with van der Waals surface area (Å²) in [6.07, 6.45) is 5.25. The standard InChI is InChI=1S/C22H23NO4/c1-26-20-21(24)23-19-12-10-15(9-11-17-8-5-13-27-17)14-18(19)22(20,25)16-6-3-2-4-7-16/h2-4,6-7,9-12,14,17,20,25H,5,8,13H2,1H3,(H,23,24)/b11-9+. The summed E-state index contributed by atoms with van der Waals surface area (Å²) in [5.74, 6) is -0.362. The average molecular weight is 365 g/mol. The van der Waals surface area contributed by atoms with E-state index in [1.54, 1.807) is 0 Å². The predicted octanol–water partition coefficient (Wildman–Crippen LogP) is 3.08. The van der Waals surface area contributed by atoms with Crippen LogP contribution in [0.2, 0.25) is 0 Å². The van der Waals surface area contributed by atoms with Gasteiger partial charge in [0.2, 0.25) is 0 Å². The molecule has 2 aliphatic heterocycles. The van der Waals surface area contributed by atoms with E-state index in [9.17, 15) is 9.90 Å². The molecule has 140 valence electrons. The van der Waals surface area contributed by atoms with Crippen LogP contribution < -0.4 is 5.32 Å². The highest BCUT2D eigenvalue weighted by atomic mass is 16.5. The van der Waals surface area contributed by atoms with Gasteiger partial charge in [-0.25, -0.2) is 0 Å². The second-order valence-corrected chi connectivity index (χ2v) is 6.95. The van der Waals surface area contributed by atoms with E-state index in [1.165, 1.54) is 7.11 Å². The van der Waals surface area contributed by atoms with Gasteiger partial charge in [0, 0.05) is 25.0 Å². The van der Waals surface area contributed by atoms with Gasteiger partial charge in [0.1, 0.15) is 0 Å². The minimum absolute atomic E-state index is 0.139. The van der Waals surface area contributed by atoms with E-state index in [4.69, 9.17) is 9.47 Å². The van der Waals surface area contributed by atoms with Crippen LogP contribution in [0.4, 0.5) is 5.69 Å². The molecular formula is C22H23NO4. The number of carbonyl (C=O) groups excluding carboxylic acids is 1. The fourth-order valence-electron chi connectivity index (χ4n) is 3.87. The predicted molar refractivity (Wildman–Crippen MR) is 103 cm³/mol. The van der Waals surface area contributed by atoms with Gasteiger partial charge in [-0.3, -0.25) is 4.79 Å². The van der Waals surface area contributed by atoms with Gasteiger partial charge in [-0.1, -0.05) is 48.6 Å². The monoisotopic (exact) mass is 365 g/mol. The van der Waals surface area contributed by atoms with Crippen LogP contribution >= 0.6 is 0 Å². The molecule has 0 aliphatic carbocycles. The minimum atomic E-state index is -1.57. The lowest BCUT2D eigenvalue weighted by atomic mass is 9.77. The molecule has 0 saturated carbocycles. The summed E-state index contributed by atoms with van der Waals surface area (Å²) >= 11 is 0. The summed E-state index contributed by atoms with van der Waals surface area (Å²) in [4.78, 5) is 12.5. The number of hydrogen-bond acceptors (Lipinski definition) is 4. The molecule has 0 radical (unpaired) electrons. The minimum Gasteiger partial charge on any atom is -0.377 e. The lowest BCUT2D eigenvalue weighted by molar-refractivity contribution is -0.142. The number of rotatable bonds is 4. The second-order valence-electron chi connectivity index (χ2n) is 6.95. The SMILES string of the molecule is COC1C(=O)Nc2ccc(/C=C/C3CCCO3)cc2C1(O)c1ccccc1. The van der Waals surface area contributed by atoms with Gasteiger partial charge < -0.3 is 19.9 Å². The summed E-state index contributed by atoms with van der Waals surface area (Å²) in [5.41, 5.74) is 1.20. The molecule has 1 saturated heterocycles. The zero-order valence-corrected chi connectivity index (χ0v) is 15.2. The molecule has 2 aromatic carbocycles. The Morgan fingerprint density at radius 3 is 2.78 bits per heavy atom. The number of carbonyl (C=O) groups is 1. The van der Waals surface area contributed by atoms with Gasteiger partial charge in [-0.05, 0) is 36.1 Å². The normalized spacial score (nSPS) is 27.6. The lowest BCUT2D eigenvalue weighted by Gasteiger charge is -2.40. The first-order chi connectivity index (χ1) is 13.1. The Kier molecular flexibility index (Phi) is 4.83. The van der Waals surface area contributed by atoms with Crippen molar-refractivity contribution in [1.29, 1.82) is 0 Å². The molecule has 2 aliphatic rings. The summed E-state index contributed by atoms with van der Waals surface area (Å²) in [6.45, 7) is 0.800. The highest BCUT2D eigenvalue weighted by Crippen LogP contribution is 2.42. The number of anilines is 1. The smallest absolute Gasteiger partial charge is 0.257 e. The molecule has 0 spiro atoms. The third kappa shape index (κ3) is 3.18. The number of hydrogen-bond donors (Lipinski definition) is 2. The van der Waals surface area contributed by atoms with Crippen LogP contribution in [0.5, 0.6) is 0 Å². The zero-order valence-electron chi connectivity index (χ0n) is 15.2. The number of aliphatic hydroxyl groups is 1. The van der Waals surface area contributed by atoms with Crippen molar-refractivity contribution in [2.24, 2.45) is 0 Å². The first kappa shape index (κ1) is 17.9. The molecular weight excluding hydrogens is 342 g/mol. The summed E-state index contributed by atoms with van der Waals surface area (Å²) < 4.78 is 11.0. The molecule has 1 fully saturated rings. The molecule has 27 heavy (non-hydrogen) atoms. The quantitative estimate of drug-likeness (QED) is 0.874. The molecule has 1 amide bonds. The largest absolute Gasteiger partial charge is 0.377 e. The molecule has 2 N–H and O–H groups in total. The zero-order chi connectivity index (χ0) is 18.9. The van der Waals surface area contributed by atoms with Crippen molar-refractivity contribution in [2.45, 2.75) is 30.7 Å². The Labute approximate surface area is 158 Å². The van der Waals surface area contributed by atoms with Crippen LogP contribution in [0.15, 0.2) is 54.6 Å². The topological polar surface area (TPSA) is 67.8 Å². The maximum atomic E-state index is 12.5. The van der Waals surface area contributed by atoms with E-state index in [-0.39, 0.29) is 12.0 Å². The molecule has 3 atom stereocenters. The third-order valence-electron chi connectivity index (χ3n) is 5.25.